The lowest BCUT2D eigenvalue weighted by atomic mass is 10.2. The Balaban J connectivity index is 1.66. The molecule has 1 fully saturated rings. The Bertz CT molecular complexity index is 1250. The van der Waals surface area contributed by atoms with E-state index >= 15 is 0 Å². The van der Waals surface area contributed by atoms with Gasteiger partial charge in [0.15, 0.2) is 5.65 Å². The average Bonchev–Trinajstić information content (AvgIpc) is 3.34. The topological polar surface area (TPSA) is 64.7 Å². The van der Waals surface area contributed by atoms with Crippen molar-refractivity contribution in [1.29, 1.82) is 0 Å². The quantitative estimate of drug-likeness (QED) is 0.570. The van der Waals surface area contributed by atoms with E-state index in [1.54, 1.807) is 34.6 Å². The number of halogens is 3. The van der Waals surface area contributed by atoms with Crippen LogP contribution >= 0.6 is 0 Å². The number of pyridine rings is 1. The normalized spacial score (nSPS) is 14.6. The largest absolute Gasteiger partial charge is 0.416 e. The second kappa shape index (κ2) is 6.07. The van der Waals surface area contributed by atoms with Crippen molar-refractivity contribution in [2.24, 2.45) is 7.05 Å². The lowest BCUT2D eigenvalue weighted by Gasteiger charge is -2.10. The van der Waals surface area contributed by atoms with Crippen LogP contribution in [0.1, 0.15) is 28.9 Å². The molecule has 0 unspecified atom stereocenters. The predicted molar refractivity (Wildman–Crippen MR) is 101 cm³/mol. The van der Waals surface area contributed by atoms with Gasteiger partial charge in [-0.1, -0.05) is 0 Å². The first-order valence-corrected chi connectivity index (χ1v) is 9.14. The van der Waals surface area contributed by atoms with Crippen molar-refractivity contribution in [3.8, 4) is 5.69 Å². The summed E-state index contributed by atoms with van der Waals surface area (Å²) in [4.78, 5) is 16.9. The van der Waals surface area contributed by atoms with Gasteiger partial charge in [0.1, 0.15) is 11.2 Å². The van der Waals surface area contributed by atoms with Crippen molar-refractivity contribution in [3.63, 3.8) is 0 Å². The van der Waals surface area contributed by atoms with Gasteiger partial charge in [-0.25, -0.2) is 4.98 Å². The van der Waals surface area contributed by atoms with E-state index in [0.717, 1.165) is 30.4 Å². The highest BCUT2D eigenvalue weighted by Gasteiger charge is 2.30. The van der Waals surface area contributed by atoms with E-state index in [0.29, 0.717) is 28.1 Å². The number of carbonyl (C=O) groups is 1. The van der Waals surface area contributed by atoms with Crippen LogP contribution in [0.5, 0.6) is 0 Å². The standard InChI is InChI=1S/C20H16F3N5O/c1-27-10-14-17-16(9-8-15(25-17)19(29)24-12-4-5-12)28(18(14)26-27)13-6-2-11(3-7-13)20(21,22)23/h2-3,6-10,12H,4-5H2,1H3,(H,24,29). The molecule has 29 heavy (non-hydrogen) atoms. The minimum atomic E-state index is -4.40. The number of alkyl halides is 3. The minimum Gasteiger partial charge on any atom is -0.348 e. The molecule has 1 N–H and O–H groups in total. The summed E-state index contributed by atoms with van der Waals surface area (Å²) in [5.74, 6) is -0.228. The molecule has 1 amide bonds. The first kappa shape index (κ1) is 17.7. The number of benzene rings is 1. The number of hydrogen-bond acceptors (Lipinski definition) is 3. The Morgan fingerprint density at radius 2 is 1.86 bits per heavy atom. The zero-order valence-electron chi connectivity index (χ0n) is 15.4. The summed E-state index contributed by atoms with van der Waals surface area (Å²) in [6, 6.07) is 8.49. The summed E-state index contributed by atoms with van der Waals surface area (Å²) >= 11 is 0. The zero-order valence-corrected chi connectivity index (χ0v) is 15.4. The number of nitrogens with zero attached hydrogens (tertiary/aromatic N) is 4. The van der Waals surface area contributed by atoms with Crippen molar-refractivity contribution >= 4 is 28.0 Å². The number of nitrogens with one attached hydrogen (secondary N) is 1. The third-order valence-corrected chi connectivity index (χ3v) is 4.99. The van der Waals surface area contributed by atoms with Gasteiger partial charge in [-0.2, -0.15) is 18.3 Å². The fourth-order valence-electron chi connectivity index (χ4n) is 3.43. The van der Waals surface area contributed by atoms with Crippen LogP contribution in [0.15, 0.2) is 42.6 Å². The lowest BCUT2D eigenvalue weighted by Crippen LogP contribution is -2.26. The predicted octanol–water partition coefficient (Wildman–Crippen LogP) is 3.82. The smallest absolute Gasteiger partial charge is 0.348 e. The number of aryl methyl sites for hydroxylation is 1. The van der Waals surface area contributed by atoms with Crippen molar-refractivity contribution < 1.29 is 18.0 Å². The molecular formula is C20H16F3N5O. The summed E-state index contributed by atoms with van der Waals surface area (Å²) in [5, 5.41) is 8.08. The van der Waals surface area contributed by atoms with Crippen LogP contribution in [0.3, 0.4) is 0 Å². The van der Waals surface area contributed by atoms with Crippen LogP contribution in [-0.4, -0.2) is 31.3 Å². The van der Waals surface area contributed by atoms with Crippen molar-refractivity contribution in [3.05, 3.63) is 53.9 Å². The second-order valence-electron chi connectivity index (χ2n) is 7.23. The first-order chi connectivity index (χ1) is 13.8. The van der Waals surface area contributed by atoms with E-state index in [1.165, 1.54) is 12.1 Å². The fourth-order valence-corrected chi connectivity index (χ4v) is 3.43. The molecule has 3 heterocycles. The molecule has 4 aromatic rings. The highest BCUT2D eigenvalue weighted by atomic mass is 19.4. The maximum Gasteiger partial charge on any atom is 0.416 e. The van der Waals surface area contributed by atoms with Crippen molar-refractivity contribution in [1.82, 2.24) is 24.6 Å². The Labute approximate surface area is 162 Å². The van der Waals surface area contributed by atoms with Crippen LogP contribution in [0.25, 0.3) is 27.8 Å². The summed E-state index contributed by atoms with van der Waals surface area (Å²) in [6.07, 6.45) is -0.660. The first-order valence-electron chi connectivity index (χ1n) is 9.14. The number of fused-ring (bicyclic) bond motifs is 3. The molecule has 0 bridgehead atoms. The third kappa shape index (κ3) is 3.02. The second-order valence-corrected chi connectivity index (χ2v) is 7.23. The van der Waals surface area contributed by atoms with Gasteiger partial charge in [0.2, 0.25) is 0 Å². The monoisotopic (exact) mass is 399 g/mol. The Morgan fingerprint density at radius 3 is 2.52 bits per heavy atom. The van der Waals surface area contributed by atoms with Crippen molar-refractivity contribution in [2.75, 3.05) is 0 Å². The highest BCUT2D eigenvalue weighted by molar-refractivity contribution is 6.07. The van der Waals surface area contributed by atoms with Gasteiger partial charge >= 0.3 is 6.18 Å². The van der Waals surface area contributed by atoms with Crippen LogP contribution in [0, 0.1) is 0 Å². The molecule has 0 spiro atoms. The van der Waals surface area contributed by atoms with E-state index < -0.39 is 11.7 Å². The van der Waals surface area contributed by atoms with E-state index in [-0.39, 0.29) is 11.9 Å². The maximum absolute atomic E-state index is 12.9. The zero-order chi connectivity index (χ0) is 20.3. The number of amides is 1. The molecular weight excluding hydrogens is 383 g/mol. The molecule has 6 nitrogen and oxygen atoms in total. The maximum atomic E-state index is 12.9. The summed E-state index contributed by atoms with van der Waals surface area (Å²) in [7, 11) is 1.76. The molecule has 148 valence electrons. The molecule has 0 radical (unpaired) electrons. The number of hydrogen-bond donors (Lipinski definition) is 1. The Kier molecular flexibility index (Phi) is 3.71. The molecule has 9 heteroatoms. The van der Waals surface area contributed by atoms with Gasteiger partial charge in [0.25, 0.3) is 5.91 Å². The summed E-state index contributed by atoms with van der Waals surface area (Å²) in [5.41, 5.74) is 1.94. The summed E-state index contributed by atoms with van der Waals surface area (Å²) in [6.45, 7) is 0. The molecule has 0 aliphatic heterocycles. The van der Waals surface area contributed by atoms with Crippen LogP contribution in [0.2, 0.25) is 0 Å². The van der Waals surface area contributed by atoms with Gasteiger partial charge in [-0.3, -0.25) is 14.0 Å². The fraction of sp³-hybridized carbons (Fsp3) is 0.250. The van der Waals surface area contributed by atoms with Gasteiger partial charge in [0.05, 0.1) is 16.5 Å². The average molecular weight is 399 g/mol. The van der Waals surface area contributed by atoms with E-state index in [2.05, 4.69) is 15.4 Å². The Morgan fingerprint density at radius 1 is 1.14 bits per heavy atom. The molecule has 0 atom stereocenters. The highest BCUT2D eigenvalue weighted by Crippen LogP contribution is 2.33. The number of aromatic nitrogens is 4. The molecule has 3 aromatic heterocycles. The van der Waals surface area contributed by atoms with E-state index in [1.807, 2.05) is 0 Å². The van der Waals surface area contributed by atoms with Gasteiger partial charge < -0.3 is 5.32 Å². The van der Waals surface area contributed by atoms with Gasteiger partial charge in [-0.15, -0.1) is 0 Å². The van der Waals surface area contributed by atoms with Crippen LogP contribution in [-0.2, 0) is 13.2 Å². The minimum absolute atomic E-state index is 0.218. The molecule has 0 saturated heterocycles. The molecule has 1 aromatic carbocycles. The van der Waals surface area contributed by atoms with E-state index in [4.69, 9.17) is 0 Å². The van der Waals surface area contributed by atoms with Gasteiger partial charge in [0, 0.05) is 25.0 Å². The Hall–Kier alpha value is -3.36. The summed E-state index contributed by atoms with van der Waals surface area (Å²) < 4.78 is 42.1. The van der Waals surface area contributed by atoms with E-state index in [9.17, 15) is 18.0 Å². The molecule has 5 rings (SSSR count). The van der Waals surface area contributed by atoms with Crippen molar-refractivity contribution in [2.45, 2.75) is 25.1 Å². The van der Waals surface area contributed by atoms with Crippen LogP contribution in [0.4, 0.5) is 13.2 Å². The molecule has 1 aliphatic rings. The van der Waals surface area contributed by atoms with Gasteiger partial charge in [-0.05, 0) is 49.2 Å². The third-order valence-electron chi connectivity index (χ3n) is 4.99. The number of carbonyl (C=O) groups excluding carboxylic acids is 1. The SMILES string of the molecule is Cn1cc2c3nc(C(=O)NC4CC4)ccc3n(-c3ccc(C(F)(F)F)cc3)c2n1. The molecule has 1 aliphatic carbocycles. The van der Waals surface area contributed by atoms with Crippen LogP contribution < -0.4 is 5.32 Å². The number of rotatable bonds is 3. The lowest BCUT2D eigenvalue weighted by molar-refractivity contribution is -0.137. The molecule has 1 saturated carbocycles.